The van der Waals surface area contributed by atoms with E-state index in [1.54, 1.807) is 24.3 Å². The van der Waals surface area contributed by atoms with Gasteiger partial charge in [0.15, 0.2) is 0 Å². The molecule has 6 heteroatoms. The topological polar surface area (TPSA) is 78.7 Å². The molecule has 0 atom stereocenters. The van der Waals surface area contributed by atoms with Crippen LogP contribution in [0.25, 0.3) is 10.2 Å². The Balaban J connectivity index is 1.88. The summed E-state index contributed by atoms with van der Waals surface area (Å²) in [6, 6.07) is 10.3. The van der Waals surface area contributed by atoms with Crippen LogP contribution in [0.5, 0.6) is 0 Å². The van der Waals surface area contributed by atoms with Gasteiger partial charge in [0.2, 0.25) is 0 Å². The third-order valence-corrected chi connectivity index (χ3v) is 3.59. The standard InChI is InChI=1S/C14H8N4OS/c15-7-9-1-3-10(4-2-9)13(19)18-12-11-5-6-20-14(11)17-8-16-12/h1-6,8H,(H,16,17,18,19). The molecule has 1 amide bonds. The molecule has 96 valence electrons. The van der Waals surface area contributed by atoms with Gasteiger partial charge in [0.05, 0.1) is 17.0 Å². The smallest absolute Gasteiger partial charge is 0.256 e. The molecule has 0 saturated heterocycles. The van der Waals surface area contributed by atoms with E-state index in [0.29, 0.717) is 16.9 Å². The Morgan fingerprint density at radius 1 is 1.20 bits per heavy atom. The summed E-state index contributed by atoms with van der Waals surface area (Å²) in [7, 11) is 0. The van der Waals surface area contributed by atoms with Crippen molar-refractivity contribution in [3.05, 3.63) is 53.2 Å². The lowest BCUT2D eigenvalue weighted by atomic mass is 10.1. The predicted molar refractivity (Wildman–Crippen MR) is 76.5 cm³/mol. The highest BCUT2D eigenvalue weighted by molar-refractivity contribution is 7.16. The van der Waals surface area contributed by atoms with Gasteiger partial charge in [0.25, 0.3) is 5.91 Å². The first kappa shape index (κ1) is 12.3. The molecule has 1 N–H and O–H groups in total. The van der Waals surface area contributed by atoms with Crippen LogP contribution in [0, 0.1) is 11.3 Å². The third kappa shape index (κ3) is 2.22. The number of hydrogen-bond acceptors (Lipinski definition) is 5. The normalized spacial score (nSPS) is 10.2. The van der Waals surface area contributed by atoms with Gasteiger partial charge in [0, 0.05) is 5.56 Å². The van der Waals surface area contributed by atoms with Crippen LogP contribution in [0.4, 0.5) is 5.82 Å². The van der Waals surface area contributed by atoms with E-state index >= 15 is 0 Å². The largest absolute Gasteiger partial charge is 0.306 e. The van der Waals surface area contributed by atoms with Crippen LogP contribution in [-0.4, -0.2) is 15.9 Å². The van der Waals surface area contributed by atoms with Crippen molar-refractivity contribution < 1.29 is 4.79 Å². The first-order chi connectivity index (χ1) is 9.78. The number of rotatable bonds is 2. The van der Waals surface area contributed by atoms with Crippen LogP contribution in [0.2, 0.25) is 0 Å². The van der Waals surface area contributed by atoms with E-state index in [9.17, 15) is 4.79 Å². The average Bonchev–Trinajstić information content (AvgIpc) is 2.97. The summed E-state index contributed by atoms with van der Waals surface area (Å²) in [5, 5.41) is 14.2. The van der Waals surface area contributed by atoms with E-state index in [0.717, 1.165) is 10.2 Å². The summed E-state index contributed by atoms with van der Waals surface area (Å²) >= 11 is 1.49. The summed E-state index contributed by atoms with van der Waals surface area (Å²) in [5.74, 6) is 0.228. The number of carbonyl (C=O) groups excluding carboxylic acids is 1. The highest BCUT2D eigenvalue weighted by atomic mass is 32.1. The molecule has 2 heterocycles. The molecule has 20 heavy (non-hydrogen) atoms. The molecule has 0 spiro atoms. The van der Waals surface area contributed by atoms with Gasteiger partial charge in [0.1, 0.15) is 17.0 Å². The van der Waals surface area contributed by atoms with Crippen LogP contribution in [0.1, 0.15) is 15.9 Å². The molecular formula is C14H8N4OS. The number of nitriles is 1. The minimum absolute atomic E-state index is 0.263. The lowest BCUT2D eigenvalue weighted by Crippen LogP contribution is -2.13. The van der Waals surface area contributed by atoms with Crippen LogP contribution in [-0.2, 0) is 0 Å². The zero-order chi connectivity index (χ0) is 13.9. The van der Waals surface area contributed by atoms with Crippen molar-refractivity contribution >= 4 is 33.3 Å². The van der Waals surface area contributed by atoms with Crippen LogP contribution >= 0.6 is 11.3 Å². The van der Waals surface area contributed by atoms with Gasteiger partial charge in [-0.3, -0.25) is 4.79 Å². The number of thiophene rings is 1. The van der Waals surface area contributed by atoms with E-state index in [-0.39, 0.29) is 5.91 Å². The predicted octanol–water partition coefficient (Wildman–Crippen LogP) is 2.82. The second-order valence-corrected chi connectivity index (χ2v) is 4.90. The molecule has 0 saturated carbocycles. The van der Waals surface area contributed by atoms with Crippen LogP contribution < -0.4 is 5.32 Å². The number of benzene rings is 1. The first-order valence-electron chi connectivity index (χ1n) is 5.77. The molecule has 2 aromatic heterocycles. The lowest BCUT2D eigenvalue weighted by Gasteiger charge is -2.05. The van der Waals surface area contributed by atoms with Crippen molar-refractivity contribution in [1.82, 2.24) is 9.97 Å². The average molecular weight is 280 g/mol. The van der Waals surface area contributed by atoms with Gasteiger partial charge < -0.3 is 5.32 Å². The van der Waals surface area contributed by atoms with Gasteiger partial charge in [-0.15, -0.1) is 11.3 Å². The first-order valence-corrected chi connectivity index (χ1v) is 6.65. The maximum Gasteiger partial charge on any atom is 0.256 e. The molecule has 3 rings (SSSR count). The Labute approximate surface area is 118 Å². The Kier molecular flexibility index (Phi) is 3.11. The fraction of sp³-hybridized carbons (Fsp3) is 0. The van der Waals surface area contributed by atoms with Crippen molar-refractivity contribution in [2.75, 3.05) is 5.32 Å². The molecule has 0 aliphatic rings. The number of fused-ring (bicyclic) bond motifs is 1. The van der Waals surface area contributed by atoms with E-state index in [4.69, 9.17) is 5.26 Å². The summed E-state index contributed by atoms with van der Waals surface area (Å²) < 4.78 is 0. The molecule has 0 aliphatic heterocycles. The summed E-state index contributed by atoms with van der Waals surface area (Å²) in [4.78, 5) is 21.2. The van der Waals surface area contributed by atoms with Crippen molar-refractivity contribution in [3.63, 3.8) is 0 Å². The molecule has 5 nitrogen and oxygen atoms in total. The monoisotopic (exact) mass is 280 g/mol. The van der Waals surface area contributed by atoms with Crippen LogP contribution in [0.15, 0.2) is 42.0 Å². The van der Waals surface area contributed by atoms with E-state index in [2.05, 4.69) is 15.3 Å². The molecule has 0 radical (unpaired) electrons. The number of carbonyl (C=O) groups is 1. The number of aromatic nitrogens is 2. The Morgan fingerprint density at radius 3 is 2.75 bits per heavy atom. The summed E-state index contributed by atoms with van der Waals surface area (Å²) in [6.45, 7) is 0. The maximum absolute atomic E-state index is 12.1. The molecule has 3 aromatic rings. The van der Waals surface area contributed by atoms with Gasteiger partial charge in [-0.05, 0) is 35.7 Å². The van der Waals surface area contributed by atoms with E-state index in [1.807, 2.05) is 17.5 Å². The quantitative estimate of drug-likeness (QED) is 0.782. The van der Waals surface area contributed by atoms with Gasteiger partial charge >= 0.3 is 0 Å². The minimum Gasteiger partial charge on any atom is -0.306 e. The zero-order valence-corrected chi connectivity index (χ0v) is 11.0. The minimum atomic E-state index is -0.263. The zero-order valence-electron chi connectivity index (χ0n) is 10.2. The number of hydrogen-bond donors (Lipinski definition) is 1. The summed E-state index contributed by atoms with van der Waals surface area (Å²) in [5.41, 5.74) is 0.995. The van der Waals surface area contributed by atoms with Gasteiger partial charge in [-0.1, -0.05) is 0 Å². The van der Waals surface area contributed by atoms with Crippen molar-refractivity contribution in [2.45, 2.75) is 0 Å². The molecule has 0 aliphatic carbocycles. The Bertz CT molecular complexity index is 817. The molecule has 0 unspecified atom stereocenters. The van der Waals surface area contributed by atoms with Gasteiger partial charge in [-0.25, -0.2) is 9.97 Å². The van der Waals surface area contributed by atoms with E-state index in [1.165, 1.54) is 17.7 Å². The fourth-order valence-corrected chi connectivity index (χ4v) is 2.50. The maximum atomic E-state index is 12.1. The van der Waals surface area contributed by atoms with Crippen molar-refractivity contribution in [3.8, 4) is 6.07 Å². The second kappa shape index (κ2) is 5.07. The highest BCUT2D eigenvalue weighted by Crippen LogP contribution is 2.24. The molecule has 0 bridgehead atoms. The molecule has 1 aromatic carbocycles. The number of nitrogens with zero attached hydrogens (tertiary/aromatic N) is 3. The SMILES string of the molecule is N#Cc1ccc(C(=O)Nc2ncnc3sccc23)cc1. The number of amides is 1. The summed E-state index contributed by atoms with van der Waals surface area (Å²) in [6.07, 6.45) is 1.42. The van der Waals surface area contributed by atoms with Gasteiger partial charge in [-0.2, -0.15) is 5.26 Å². The van der Waals surface area contributed by atoms with Crippen molar-refractivity contribution in [1.29, 1.82) is 5.26 Å². The van der Waals surface area contributed by atoms with Crippen molar-refractivity contribution in [2.24, 2.45) is 0 Å². The van der Waals surface area contributed by atoms with E-state index < -0.39 is 0 Å². The fourth-order valence-electron chi connectivity index (χ4n) is 1.77. The number of nitrogens with one attached hydrogen (secondary N) is 1. The Hall–Kier alpha value is -2.78. The Morgan fingerprint density at radius 2 is 2.00 bits per heavy atom. The highest BCUT2D eigenvalue weighted by Gasteiger charge is 2.10. The second-order valence-electron chi connectivity index (χ2n) is 4.00. The molecular weight excluding hydrogens is 272 g/mol. The third-order valence-electron chi connectivity index (χ3n) is 2.77. The molecule has 0 fully saturated rings. The van der Waals surface area contributed by atoms with Crippen LogP contribution in [0.3, 0.4) is 0 Å². The lowest BCUT2D eigenvalue weighted by molar-refractivity contribution is 0.102. The number of anilines is 1.